The highest BCUT2D eigenvalue weighted by Gasteiger charge is 2.40. The predicted molar refractivity (Wildman–Crippen MR) is 90.7 cm³/mol. The highest BCUT2D eigenvalue weighted by atomic mass is 35.5. The number of likely N-dealkylation sites (tertiary alicyclic amines) is 1. The van der Waals surface area contributed by atoms with E-state index in [0.717, 1.165) is 31.9 Å². The minimum absolute atomic E-state index is 0. The van der Waals surface area contributed by atoms with E-state index >= 15 is 0 Å². The van der Waals surface area contributed by atoms with Gasteiger partial charge in [0.05, 0.1) is 5.69 Å². The fourth-order valence-electron chi connectivity index (χ4n) is 3.12. The highest BCUT2D eigenvalue weighted by Crippen LogP contribution is 2.36. The molecule has 120 valence electrons. The number of thiazole rings is 1. The van der Waals surface area contributed by atoms with Crippen LogP contribution in [0.25, 0.3) is 0 Å². The van der Waals surface area contributed by atoms with Gasteiger partial charge in [-0.2, -0.15) is 0 Å². The van der Waals surface area contributed by atoms with Gasteiger partial charge in [0, 0.05) is 31.9 Å². The van der Waals surface area contributed by atoms with Gasteiger partial charge in [0.2, 0.25) is 5.91 Å². The summed E-state index contributed by atoms with van der Waals surface area (Å²) in [5.74, 6) is -0.0574. The van der Waals surface area contributed by atoms with Crippen molar-refractivity contribution in [3.05, 3.63) is 11.1 Å². The summed E-state index contributed by atoms with van der Waals surface area (Å²) >= 11 is 1.50. The summed E-state index contributed by atoms with van der Waals surface area (Å²) in [5, 5.41) is 8.97. The van der Waals surface area contributed by atoms with Crippen LogP contribution in [0.15, 0.2) is 5.38 Å². The van der Waals surface area contributed by atoms with E-state index in [0.29, 0.717) is 10.5 Å². The molecule has 3 heterocycles. The fourth-order valence-corrected chi connectivity index (χ4v) is 3.87. The zero-order chi connectivity index (χ0) is 13.3. The van der Waals surface area contributed by atoms with Crippen molar-refractivity contribution in [3.8, 4) is 0 Å². The highest BCUT2D eigenvalue weighted by molar-refractivity contribution is 7.13. The van der Waals surface area contributed by atoms with Crippen LogP contribution in [0.4, 0.5) is 5.13 Å². The second kappa shape index (κ2) is 7.74. The summed E-state index contributed by atoms with van der Waals surface area (Å²) in [7, 11) is 0. The van der Waals surface area contributed by atoms with Crippen LogP contribution in [0.1, 0.15) is 25.5 Å². The van der Waals surface area contributed by atoms with Gasteiger partial charge in [-0.25, -0.2) is 4.98 Å². The van der Waals surface area contributed by atoms with E-state index in [4.69, 9.17) is 0 Å². The summed E-state index contributed by atoms with van der Waals surface area (Å²) in [5.41, 5.74) is 1.58. The summed E-state index contributed by atoms with van der Waals surface area (Å²) < 4.78 is 0. The molecule has 2 N–H and O–H groups in total. The molecule has 0 radical (unpaired) electrons. The predicted octanol–water partition coefficient (Wildman–Crippen LogP) is 2.13. The Morgan fingerprint density at radius 1 is 1.52 bits per heavy atom. The molecule has 5 nitrogen and oxygen atoms in total. The minimum atomic E-state index is -0.0574. The third kappa shape index (κ3) is 4.53. The molecule has 1 aromatic rings. The first-order valence-corrected chi connectivity index (χ1v) is 7.68. The zero-order valence-corrected chi connectivity index (χ0v) is 14.5. The van der Waals surface area contributed by atoms with E-state index in [1.807, 2.05) is 5.38 Å². The number of hydrogen-bond donors (Lipinski definition) is 2. The molecule has 2 saturated heterocycles. The molecule has 3 rings (SSSR count). The molecular formula is C13H22Cl2N4OS. The first kappa shape index (κ1) is 18.6. The van der Waals surface area contributed by atoms with Crippen LogP contribution in [-0.4, -0.2) is 42.0 Å². The molecule has 1 atom stereocenters. The average molecular weight is 353 g/mol. The molecule has 1 aromatic heterocycles. The Bertz CT molecular complexity index is 476. The van der Waals surface area contributed by atoms with Gasteiger partial charge in [-0.05, 0) is 31.3 Å². The molecule has 0 saturated carbocycles. The summed E-state index contributed by atoms with van der Waals surface area (Å²) in [6.07, 6.45) is 2.60. The standard InChI is InChI=1S/C13H20N4OS.2ClH/c1-10(18)15-12-16-11(7-19-12)6-17-5-3-13(9-17)2-4-14-8-13;;/h7,14H,2-6,8-9H2,1H3,(H,15,16,18);2*1H. The Kier molecular flexibility index (Phi) is 6.87. The monoisotopic (exact) mass is 352 g/mol. The normalized spacial score (nSPS) is 24.6. The number of halogens is 2. The maximum absolute atomic E-state index is 11.0. The number of aromatic nitrogens is 1. The summed E-state index contributed by atoms with van der Waals surface area (Å²) in [4.78, 5) is 17.9. The first-order chi connectivity index (χ1) is 9.15. The second-order valence-electron chi connectivity index (χ2n) is 5.71. The van der Waals surface area contributed by atoms with Gasteiger partial charge in [-0.15, -0.1) is 36.2 Å². The second-order valence-corrected chi connectivity index (χ2v) is 6.57. The lowest BCUT2D eigenvalue weighted by molar-refractivity contribution is -0.114. The van der Waals surface area contributed by atoms with Crippen LogP contribution in [0.3, 0.4) is 0 Å². The van der Waals surface area contributed by atoms with Crippen LogP contribution >= 0.6 is 36.2 Å². The van der Waals surface area contributed by atoms with Crippen molar-refractivity contribution in [2.45, 2.75) is 26.3 Å². The number of anilines is 1. The van der Waals surface area contributed by atoms with Crippen LogP contribution in [0.5, 0.6) is 0 Å². The van der Waals surface area contributed by atoms with Gasteiger partial charge >= 0.3 is 0 Å². The van der Waals surface area contributed by atoms with E-state index in [1.165, 1.54) is 37.6 Å². The van der Waals surface area contributed by atoms with Crippen molar-refractivity contribution in [3.63, 3.8) is 0 Å². The van der Waals surface area contributed by atoms with Crippen molar-refractivity contribution in [1.82, 2.24) is 15.2 Å². The Labute approximate surface area is 141 Å². The molecule has 1 spiro atoms. The van der Waals surface area contributed by atoms with Crippen molar-refractivity contribution >= 4 is 47.2 Å². The van der Waals surface area contributed by atoms with Gasteiger partial charge in [0.15, 0.2) is 5.13 Å². The van der Waals surface area contributed by atoms with Crippen LogP contribution < -0.4 is 10.6 Å². The largest absolute Gasteiger partial charge is 0.316 e. The Hall–Kier alpha value is -0.400. The van der Waals surface area contributed by atoms with Crippen LogP contribution in [0, 0.1) is 5.41 Å². The minimum Gasteiger partial charge on any atom is -0.316 e. The van der Waals surface area contributed by atoms with Gasteiger partial charge < -0.3 is 10.6 Å². The SMILES string of the molecule is CC(=O)Nc1nc(CN2CCC3(CCNC3)C2)cs1.Cl.Cl. The molecule has 2 aliphatic heterocycles. The number of nitrogens with one attached hydrogen (secondary N) is 2. The zero-order valence-electron chi connectivity index (χ0n) is 12.1. The van der Waals surface area contributed by atoms with Crippen LogP contribution in [-0.2, 0) is 11.3 Å². The number of carbonyl (C=O) groups excluding carboxylic acids is 1. The Balaban J connectivity index is 0.00000110. The van der Waals surface area contributed by atoms with E-state index in [1.54, 1.807) is 0 Å². The Morgan fingerprint density at radius 3 is 3.00 bits per heavy atom. The van der Waals surface area contributed by atoms with E-state index < -0.39 is 0 Å². The number of amides is 1. The molecular weight excluding hydrogens is 331 g/mol. The molecule has 21 heavy (non-hydrogen) atoms. The van der Waals surface area contributed by atoms with Gasteiger partial charge in [0.25, 0.3) is 0 Å². The lowest BCUT2D eigenvalue weighted by Gasteiger charge is -2.22. The van der Waals surface area contributed by atoms with E-state index in [-0.39, 0.29) is 30.7 Å². The first-order valence-electron chi connectivity index (χ1n) is 6.80. The molecule has 2 fully saturated rings. The van der Waals surface area contributed by atoms with E-state index in [9.17, 15) is 4.79 Å². The number of carbonyl (C=O) groups is 1. The molecule has 8 heteroatoms. The molecule has 0 aromatic carbocycles. The number of rotatable bonds is 3. The maximum atomic E-state index is 11.0. The third-order valence-electron chi connectivity index (χ3n) is 4.07. The maximum Gasteiger partial charge on any atom is 0.223 e. The summed E-state index contributed by atoms with van der Waals surface area (Å²) in [6, 6.07) is 0. The van der Waals surface area contributed by atoms with Gasteiger partial charge in [-0.3, -0.25) is 9.69 Å². The number of hydrogen-bond acceptors (Lipinski definition) is 5. The lowest BCUT2D eigenvalue weighted by atomic mass is 9.87. The number of nitrogens with zero attached hydrogens (tertiary/aromatic N) is 2. The van der Waals surface area contributed by atoms with Crippen LogP contribution in [0.2, 0.25) is 0 Å². The van der Waals surface area contributed by atoms with Crippen molar-refractivity contribution in [2.75, 3.05) is 31.5 Å². The van der Waals surface area contributed by atoms with Gasteiger partial charge in [0.1, 0.15) is 0 Å². The van der Waals surface area contributed by atoms with E-state index in [2.05, 4.69) is 20.5 Å². The molecule has 1 amide bonds. The fraction of sp³-hybridized carbons (Fsp3) is 0.692. The van der Waals surface area contributed by atoms with Gasteiger partial charge in [-0.1, -0.05) is 0 Å². The topological polar surface area (TPSA) is 57.3 Å². The molecule has 0 bridgehead atoms. The summed E-state index contributed by atoms with van der Waals surface area (Å²) in [6.45, 7) is 7.08. The quantitative estimate of drug-likeness (QED) is 0.874. The average Bonchev–Trinajstić information content (AvgIpc) is 3.04. The lowest BCUT2D eigenvalue weighted by Crippen LogP contribution is -2.29. The van der Waals surface area contributed by atoms with Crippen molar-refractivity contribution in [1.29, 1.82) is 0 Å². The molecule has 2 aliphatic rings. The molecule has 1 unspecified atom stereocenters. The Morgan fingerprint density at radius 2 is 2.33 bits per heavy atom. The third-order valence-corrected chi connectivity index (χ3v) is 4.88. The van der Waals surface area contributed by atoms with Crippen molar-refractivity contribution < 1.29 is 4.79 Å². The van der Waals surface area contributed by atoms with Crippen molar-refractivity contribution in [2.24, 2.45) is 5.41 Å². The molecule has 0 aliphatic carbocycles. The smallest absolute Gasteiger partial charge is 0.223 e.